The first-order valence-corrected chi connectivity index (χ1v) is 10.4. The molecule has 2 N–H and O–H groups in total. The van der Waals surface area contributed by atoms with Gasteiger partial charge in [0.1, 0.15) is 5.57 Å². The molecule has 1 heterocycles. The number of hydrogen-bond acceptors (Lipinski definition) is 6. The molecule has 1 saturated heterocycles. The van der Waals surface area contributed by atoms with Crippen molar-refractivity contribution >= 4 is 29.9 Å². The van der Waals surface area contributed by atoms with Crippen molar-refractivity contribution in [1.82, 2.24) is 10.2 Å². The van der Waals surface area contributed by atoms with Crippen molar-refractivity contribution in [2.75, 3.05) is 13.7 Å². The Morgan fingerprint density at radius 3 is 2.59 bits per heavy atom. The summed E-state index contributed by atoms with van der Waals surface area (Å²) in [6, 6.07) is 2.28. The first-order valence-electron chi connectivity index (χ1n) is 10.4. The number of methoxy groups -OCH3 is 1. The van der Waals surface area contributed by atoms with Crippen LogP contribution in [0.25, 0.3) is 6.08 Å². The minimum Gasteiger partial charge on any atom is -0.493 e. The molecule has 170 valence electrons. The van der Waals surface area contributed by atoms with Crippen LogP contribution < -0.4 is 14.8 Å². The van der Waals surface area contributed by atoms with Crippen LogP contribution in [0, 0.1) is 0 Å². The molecule has 1 aromatic carbocycles. The predicted octanol–water partition coefficient (Wildman–Crippen LogP) is 2.68. The van der Waals surface area contributed by atoms with Gasteiger partial charge in [0.15, 0.2) is 18.1 Å². The number of carboxylic acids is 1. The maximum Gasteiger partial charge on any atom is 0.341 e. The molecule has 0 radical (unpaired) electrons. The Bertz CT molecular complexity index is 977. The van der Waals surface area contributed by atoms with Gasteiger partial charge in [-0.3, -0.25) is 19.8 Å². The van der Waals surface area contributed by atoms with E-state index in [0.717, 1.165) is 24.2 Å². The van der Waals surface area contributed by atoms with Gasteiger partial charge in [-0.25, -0.2) is 9.59 Å². The number of carbonyl (C=O) groups is 4. The van der Waals surface area contributed by atoms with Crippen LogP contribution in [0.3, 0.4) is 0 Å². The van der Waals surface area contributed by atoms with E-state index in [1.807, 2.05) is 0 Å². The predicted molar refractivity (Wildman–Crippen MR) is 115 cm³/mol. The number of nitrogens with one attached hydrogen (secondary N) is 1. The van der Waals surface area contributed by atoms with Crippen LogP contribution in [0.4, 0.5) is 4.79 Å². The fraction of sp³-hybridized carbons (Fsp3) is 0.391. The van der Waals surface area contributed by atoms with E-state index in [4.69, 9.17) is 14.6 Å². The molecule has 2 fully saturated rings. The smallest absolute Gasteiger partial charge is 0.341 e. The molecular weight excluding hydrogens is 416 g/mol. The average Bonchev–Trinajstić information content (AvgIpc) is 2.76. The summed E-state index contributed by atoms with van der Waals surface area (Å²) in [7, 11) is 1.40. The fourth-order valence-electron chi connectivity index (χ4n) is 4.03. The number of urea groups is 1. The van der Waals surface area contributed by atoms with Gasteiger partial charge in [-0.15, -0.1) is 6.58 Å². The topological polar surface area (TPSA) is 122 Å². The van der Waals surface area contributed by atoms with E-state index in [1.165, 1.54) is 13.2 Å². The van der Waals surface area contributed by atoms with E-state index in [2.05, 4.69) is 11.9 Å². The number of carbonyl (C=O) groups excluding carboxylic acids is 3. The van der Waals surface area contributed by atoms with Crippen LogP contribution in [0.1, 0.15) is 43.2 Å². The molecule has 0 aromatic heterocycles. The van der Waals surface area contributed by atoms with Gasteiger partial charge in [-0.2, -0.15) is 0 Å². The number of barbiturate groups is 1. The summed E-state index contributed by atoms with van der Waals surface area (Å²) in [6.07, 6.45) is 7.70. The van der Waals surface area contributed by atoms with Gasteiger partial charge in [0.25, 0.3) is 11.8 Å². The molecular formula is C23H26N2O7. The highest BCUT2D eigenvalue weighted by molar-refractivity contribution is 6.31. The highest BCUT2D eigenvalue weighted by atomic mass is 16.5. The molecule has 9 heteroatoms. The molecule has 0 spiro atoms. The van der Waals surface area contributed by atoms with Crippen molar-refractivity contribution in [3.63, 3.8) is 0 Å². The summed E-state index contributed by atoms with van der Waals surface area (Å²) in [5.74, 6) is -2.03. The Labute approximate surface area is 185 Å². The lowest BCUT2D eigenvalue weighted by Crippen LogP contribution is -2.58. The number of ether oxygens (including phenoxy) is 2. The van der Waals surface area contributed by atoms with Gasteiger partial charge in [0, 0.05) is 11.6 Å². The molecule has 1 aliphatic carbocycles. The first kappa shape index (κ1) is 23.1. The molecule has 0 atom stereocenters. The van der Waals surface area contributed by atoms with E-state index >= 15 is 0 Å². The van der Waals surface area contributed by atoms with E-state index in [0.29, 0.717) is 30.4 Å². The molecule has 0 unspecified atom stereocenters. The quantitative estimate of drug-likeness (QED) is 0.360. The first-order chi connectivity index (χ1) is 15.3. The third kappa shape index (κ3) is 4.99. The van der Waals surface area contributed by atoms with Gasteiger partial charge in [-0.1, -0.05) is 25.3 Å². The number of carboxylic acid groups (broad SMARTS) is 1. The van der Waals surface area contributed by atoms with Crippen LogP contribution in [0.2, 0.25) is 0 Å². The van der Waals surface area contributed by atoms with Gasteiger partial charge >= 0.3 is 12.0 Å². The van der Waals surface area contributed by atoms with Crippen molar-refractivity contribution in [3.8, 4) is 11.5 Å². The third-order valence-corrected chi connectivity index (χ3v) is 5.46. The number of hydrogen-bond donors (Lipinski definition) is 2. The highest BCUT2D eigenvalue weighted by Gasteiger charge is 2.40. The zero-order chi connectivity index (χ0) is 23.3. The molecule has 9 nitrogen and oxygen atoms in total. The van der Waals surface area contributed by atoms with Gasteiger partial charge in [0.05, 0.1) is 7.11 Å². The highest BCUT2D eigenvalue weighted by Crippen LogP contribution is 2.35. The molecule has 4 amide bonds. The summed E-state index contributed by atoms with van der Waals surface area (Å²) in [5.41, 5.74) is 0.898. The molecule has 1 saturated carbocycles. The van der Waals surface area contributed by atoms with Crippen molar-refractivity contribution in [1.29, 1.82) is 0 Å². The molecule has 2 aliphatic rings. The normalized spacial score (nSPS) is 18.5. The van der Waals surface area contributed by atoms with Crippen LogP contribution in [-0.4, -0.2) is 53.6 Å². The summed E-state index contributed by atoms with van der Waals surface area (Å²) in [5, 5.41) is 11.2. The maximum atomic E-state index is 13.1. The lowest BCUT2D eigenvalue weighted by molar-refractivity contribution is -0.139. The number of benzene rings is 1. The van der Waals surface area contributed by atoms with Gasteiger partial charge in [-0.05, 0) is 43.0 Å². The Hall–Kier alpha value is -3.62. The van der Waals surface area contributed by atoms with Crippen LogP contribution in [0.15, 0.2) is 30.4 Å². The summed E-state index contributed by atoms with van der Waals surface area (Å²) in [4.78, 5) is 50.0. The summed E-state index contributed by atoms with van der Waals surface area (Å²) < 4.78 is 10.7. The number of nitrogens with zero attached hydrogens (tertiary/aromatic N) is 1. The van der Waals surface area contributed by atoms with E-state index < -0.39 is 30.4 Å². The summed E-state index contributed by atoms with van der Waals surface area (Å²) in [6.45, 7) is 3.14. The second-order valence-electron chi connectivity index (χ2n) is 7.67. The third-order valence-electron chi connectivity index (χ3n) is 5.46. The van der Waals surface area contributed by atoms with E-state index in [1.54, 1.807) is 18.2 Å². The minimum atomic E-state index is -1.14. The van der Waals surface area contributed by atoms with Crippen LogP contribution in [-0.2, 0) is 20.8 Å². The number of rotatable bonds is 8. The van der Waals surface area contributed by atoms with Gasteiger partial charge in [0.2, 0.25) is 0 Å². The average molecular weight is 442 g/mol. The van der Waals surface area contributed by atoms with Crippen molar-refractivity contribution in [3.05, 3.63) is 41.5 Å². The number of aliphatic carboxylic acids is 1. The lowest BCUT2D eigenvalue weighted by Gasteiger charge is -2.35. The van der Waals surface area contributed by atoms with E-state index in [9.17, 15) is 19.2 Å². The molecule has 32 heavy (non-hydrogen) atoms. The Kier molecular flexibility index (Phi) is 7.29. The molecule has 3 rings (SSSR count). The largest absolute Gasteiger partial charge is 0.493 e. The second kappa shape index (κ2) is 10.1. The Morgan fingerprint density at radius 2 is 1.97 bits per heavy atom. The van der Waals surface area contributed by atoms with Crippen LogP contribution >= 0.6 is 0 Å². The Balaban J connectivity index is 1.99. The van der Waals surface area contributed by atoms with Crippen molar-refractivity contribution in [2.45, 2.75) is 44.6 Å². The zero-order valence-electron chi connectivity index (χ0n) is 17.9. The lowest BCUT2D eigenvalue weighted by atomic mass is 9.93. The molecule has 0 bridgehead atoms. The van der Waals surface area contributed by atoms with Crippen molar-refractivity contribution in [2.24, 2.45) is 0 Å². The molecule has 1 aliphatic heterocycles. The van der Waals surface area contributed by atoms with Gasteiger partial charge < -0.3 is 14.6 Å². The maximum absolute atomic E-state index is 13.1. The minimum absolute atomic E-state index is 0.152. The monoisotopic (exact) mass is 442 g/mol. The SMILES string of the molecule is C=CCc1cc(C=C2C(=O)NC(=O)N(C3CCCCC3)C2=O)cc(OC)c1OCC(=O)O. The van der Waals surface area contributed by atoms with Crippen molar-refractivity contribution < 1.29 is 33.8 Å². The Morgan fingerprint density at radius 1 is 1.25 bits per heavy atom. The second-order valence-corrected chi connectivity index (χ2v) is 7.67. The van der Waals surface area contributed by atoms with E-state index in [-0.39, 0.29) is 23.1 Å². The van der Waals surface area contributed by atoms with Crippen LogP contribution in [0.5, 0.6) is 11.5 Å². The fourth-order valence-corrected chi connectivity index (χ4v) is 4.03. The number of allylic oxidation sites excluding steroid dienone is 1. The number of imide groups is 2. The standard InChI is InChI=1S/C23H26N2O7/c1-3-7-15-10-14(12-18(31-2)20(15)32-13-19(26)27)11-17-21(28)24-23(30)25(22(17)29)16-8-5-4-6-9-16/h3,10-12,16H,1,4-9,13H2,2H3,(H,26,27)(H,24,28,30). The molecule has 1 aromatic rings. The number of amides is 4. The zero-order valence-corrected chi connectivity index (χ0v) is 17.9. The summed E-state index contributed by atoms with van der Waals surface area (Å²) >= 11 is 0.